The predicted molar refractivity (Wildman–Crippen MR) is 74.3 cm³/mol. The minimum absolute atomic E-state index is 0.199. The summed E-state index contributed by atoms with van der Waals surface area (Å²) in [6, 6.07) is 6.81. The molecule has 0 radical (unpaired) electrons. The van der Waals surface area contributed by atoms with Gasteiger partial charge in [-0.3, -0.25) is 11.3 Å². The van der Waals surface area contributed by atoms with E-state index in [2.05, 4.69) is 37.5 Å². The topological polar surface area (TPSA) is 47.3 Å². The molecule has 100 valence electrons. The Morgan fingerprint density at radius 2 is 2.06 bits per heavy atom. The Kier molecular flexibility index (Phi) is 4.38. The van der Waals surface area contributed by atoms with E-state index in [-0.39, 0.29) is 12.1 Å². The van der Waals surface area contributed by atoms with Crippen molar-refractivity contribution in [3.05, 3.63) is 34.9 Å². The summed E-state index contributed by atoms with van der Waals surface area (Å²) in [6.07, 6.45) is 3.69. The van der Waals surface area contributed by atoms with Gasteiger partial charge in [-0.15, -0.1) is 0 Å². The Labute approximate surface area is 110 Å². The van der Waals surface area contributed by atoms with E-state index in [0.29, 0.717) is 5.92 Å². The van der Waals surface area contributed by atoms with Crippen molar-refractivity contribution in [2.45, 2.75) is 45.3 Å². The summed E-state index contributed by atoms with van der Waals surface area (Å²) >= 11 is 0. The van der Waals surface area contributed by atoms with Crippen molar-refractivity contribution in [1.82, 2.24) is 5.43 Å². The van der Waals surface area contributed by atoms with Gasteiger partial charge in [0.2, 0.25) is 0 Å². The lowest BCUT2D eigenvalue weighted by Crippen LogP contribution is -2.47. The number of hydrogen-bond acceptors (Lipinski definition) is 3. The van der Waals surface area contributed by atoms with Crippen LogP contribution in [0.25, 0.3) is 0 Å². The first-order valence-electron chi connectivity index (χ1n) is 6.70. The molecule has 1 aliphatic rings. The zero-order chi connectivity index (χ0) is 13.1. The average Bonchev–Trinajstić information content (AvgIpc) is 3.18. The maximum absolute atomic E-state index is 5.70. The molecule has 1 aromatic carbocycles. The molecule has 1 aromatic rings. The molecule has 1 aliphatic carbocycles. The minimum atomic E-state index is 0.199. The summed E-state index contributed by atoms with van der Waals surface area (Å²) in [4.78, 5) is 0. The molecule has 2 unspecified atom stereocenters. The number of nitrogens with two attached hydrogens (primary N) is 1. The fraction of sp³-hybridized carbons (Fsp3) is 0.600. The molecule has 2 rings (SSSR count). The lowest BCUT2D eigenvalue weighted by Gasteiger charge is -2.25. The summed E-state index contributed by atoms with van der Waals surface area (Å²) in [7, 11) is 1.79. The van der Waals surface area contributed by atoms with Crippen molar-refractivity contribution < 1.29 is 4.74 Å². The number of aryl methyl sites for hydroxylation is 2. The number of hydrazine groups is 1. The summed E-state index contributed by atoms with van der Waals surface area (Å²) in [5.74, 6) is 6.38. The van der Waals surface area contributed by atoms with E-state index in [0.717, 1.165) is 6.42 Å². The first-order chi connectivity index (χ1) is 8.65. The van der Waals surface area contributed by atoms with Crippen LogP contribution in [0.3, 0.4) is 0 Å². The Hall–Kier alpha value is -0.900. The molecule has 0 heterocycles. The highest BCUT2D eigenvalue weighted by atomic mass is 16.5. The average molecular weight is 248 g/mol. The van der Waals surface area contributed by atoms with Gasteiger partial charge in [0.25, 0.3) is 0 Å². The zero-order valence-corrected chi connectivity index (χ0v) is 11.6. The fourth-order valence-electron chi connectivity index (χ4n) is 2.56. The Balaban J connectivity index is 2.06. The van der Waals surface area contributed by atoms with Crippen molar-refractivity contribution in [1.29, 1.82) is 0 Å². The van der Waals surface area contributed by atoms with Crippen LogP contribution in [0.15, 0.2) is 18.2 Å². The van der Waals surface area contributed by atoms with Crippen LogP contribution in [0.2, 0.25) is 0 Å². The van der Waals surface area contributed by atoms with Gasteiger partial charge < -0.3 is 4.74 Å². The smallest absolute Gasteiger partial charge is 0.0769 e. The van der Waals surface area contributed by atoms with Crippen molar-refractivity contribution in [2.24, 2.45) is 11.8 Å². The van der Waals surface area contributed by atoms with Crippen molar-refractivity contribution in [3.63, 3.8) is 0 Å². The van der Waals surface area contributed by atoms with E-state index in [1.807, 2.05) is 0 Å². The number of ether oxygens (including phenoxy) is 1. The monoisotopic (exact) mass is 248 g/mol. The van der Waals surface area contributed by atoms with Gasteiger partial charge in [-0.2, -0.15) is 0 Å². The largest absolute Gasteiger partial charge is 0.379 e. The van der Waals surface area contributed by atoms with Gasteiger partial charge >= 0.3 is 0 Å². The van der Waals surface area contributed by atoms with Gasteiger partial charge in [0.1, 0.15) is 0 Å². The molecule has 3 N–H and O–H groups in total. The van der Waals surface area contributed by atoms with Crippen LogP contribution in [0.5, 0.6) is 0 Å². The van der Waals surface area contributed by atoms with Crippen LogP contribution in [0, 0.1) is 19.8 Å². The molecule has 3 heteroatoms. The molecule has 0 bridgehead atoms. The van der Waals surface area contributed by atoms with E-state index in [4.69, 9.17) is 10.6 Å². The van der Waals surface area contributed by atoms with E-state index < -0.39 is 0 Å². The highest BCUT2D eigenvalue weighted by Gasteiger charge is 2.36. The van der Waals surface area contributed by atoms with E-state index in [9.17, 15) is 0 Å². The van der Waals surface area contributed by atoms with E-state index in [1.165, 1.54) is 29.5 Å². The second kappa shape index (κ2) is 5.83. The highest BCUT2D eigenvalue weighted by molar-refractivity contribution is 5.30. The van der Waals surface area contributed by atoms with Crippen molar-refractivity contribution in [3.8, 4) is 0 Å². The van der Waals surface area contributed by atoms with E-state index >= 15 is 0 Å². The van der Waals surface area contributed by atoms with Crippen molar-refractivity contribution >= 4 is 0 Å². The zero-order valence-electron chi connectivity index (χ0n) is 11.6. The first-order valence-corrected chi connectivity index (χ1v) is 6.70. The third-order valence-corrected chi connectivity index (χ3v) is 4.00. The SMILES string of the molecule is COC(C1CC1)C(Cc1ccc(C)c(C)c1)NN. The fourth-order valence-corrected chi connectivity index (χ4v) is 2.56. The summed E-state index contributed by atoms with van der Waals surface area (Å²) in [5.41, 5.74) is 6.93. The molecule has 0 aliphatic heterocycles. The molecular formula is C15H24N2O. The molecule has 2 atom stereocenters. The van der Waals surface area contributed by atoms with Crippen LogP contribution in [0.4, 0.5) is 0 Å². The molecule has 0 amide bonds. The van der Waals surface area contributed by atoms with Crippen molar-refractivity contribution in [2.75, 3.05) is 7.11 Å². The van der Waals surface area contributed by atoms with Crippen LogP contribution < -0.4 is 11.3 Å². The Morgan fingerprint density at radius 1 is 1.33 bits per heavy atom. The summed E-state index contributed by atoms with van der Waals surface area (Å²) < 4.78 is 5.61. The van der Waals surface area contributed by atoms with Gasteiger partial charge in [-0.25, -0.2) is 0 Å². The second-order valence-electron chi connectivity index (χ2n) is 5.43. The highest BCUT2D eigenvalue weighted by Crippen LogP contribution is 2.36. The van der Waals surface area contributed by atoms with Crippen LogP contribution in [-0.4, -0.2) is 19.3 Å². The second-order valence-corrected chi connectivity index (χ2v) is 5.43. The maximum Gasteiger partial charge on any atom is 0.0769 e. The molecule has 3 nitrogen and oxygen atoms in total. The standard InChI is InChI=1S/C15H24N2O/c1-10-4-5-12(8-11(10)2)9-14(17-16)15(18-3)13-6-7-13/h4-5,8,13-15,17H,6-7,9,16H2,1-3H3. The molecule has 1 saturated carbocycles. The van der Waals surface area contributed by atoms with Gasteiger partial charge in [-0.05, 0) is 55.7 Å². The van der Waals surface area contributed by atoms with Gasteiger partial charge in [0, 0.05) is 7.11 Å². The molecule has 0 spiro atoms. The molecule has 0 saturated heterocycles. The molecule has 0 aromatic heterocycles. The quantitative estimate of drug-likeness (QED) is 0.599. The summed E-state index contributed by atoms with van der Waals surface area (Å²) in [5, 5.41) is 0. The van der Waals surface area contributed by atoms with Gasteiger partial charge in [-0.1, -0.05) is 18.2 Å². The number of hydrogen-bond donors (Lipinski definition) is 2. The number of rotatable bonds is 6. The third-order valence-electron chi connectivity index (χ3n) is 4.00. The molecule has 1 fully saturated rings. The van der Waals surface area contributed by atoms with Crippen LogP contribution in [0.1, 0.15) is 29.5 Å². The van der Waals surface area contributed by atoms with E-state index in [1.54, 1.807) is 7.11 Å². The minimum Gasteiger partial charge on any atom is -0.379 e. The van der Waals surface area contributed by atoms with Gasteiger partial charge in [0.15, 0.2) is 0 Å². The third kappa shape index (κ3) is 3.10. The number of nitrogens with one attached hydrogen (secondary N) is 1. The Bertz CT molecular complexity index is 401. The van der Waals surface area contributed by atoms with Crippen LogP contribution >= 0.6 is 0 Å². The predicted octanol–water partition coefficient (Wildman–Crippen LogP) is 2.10. The first kappa shape index (κ1) is 13.5. The lowest BCUT2D eigenvalue weighted by atomic mass is 9.96. The Morgan fingerprint density at radius 3 is 2.56 bits per heavy atom. The summed E-state index contributed by atoms with van der Waals surface area (Å²) in [6.45, 7) is 4.29. The molecule has 18 heavy (non-hydrogen) atoms. The van der Waals surface area contributed by atoms with Crippen LogP contribution in [-0.2, 0) is 11.2 Å². The number of methoxy groups -OCH3 is 1. The number of benzene rings is 1. The lowest BCUT2D eigenvalue weighted by molar-refractivity contribution is 0.0511. The maximum atomic E-state index is 5.70. The normalized spacial score (nSPS) is 18.7. The van der Waals surface area contributed by atoms with Gasteiger partial charge in [0.05, 0.1) is 12.1 Å². The molecular weight excluding hydrogens is 224 g/mol.